The molecule has 1 fully saturated rings. The van der Waals surface area contributed by atoms with Gasteiger partial charge in [0.15, 0.2) is 0 Å². The van der Waals surface area contributed by atoms with Gasteiger partial charge in [0.2, 0.25) is 0 Å². The van der Waals surface area contributed by atoms with E-state index in [-0.39, 0.29) is 0 Å². The lowest BCUT2D eigenvalue weighted by Gasteiger charge is -2.45. The molecule has 0 spiro atoms. The van der Waals surface area contributed by atoms with Crippen LogP contribution in [0.3, 0.4) is 0 Å². The molecule has 19 heavy (non-hydrogen) atoms. The topological polar surface area (TPSA) is 24.5 Å². The van der Waals surface area contributed by atoms with Crippen molar-refractivity contribution in [3.05, 3.63) is 0 Å². The van der Waals surface area contributed by atoms with Gasteiger partial charge < -0.3 is 10.1 Å². The molecule has 0 saturated carbocycles. The summed E-state index contributed by atoms with van der Waals surface area (Å²) in [5.41, 5.74) is 0. The van der Waals surface area contributed by atoms with Crippen LogP contribution in [-0.2, 0) is 4.74 Å². The second kappa shape index (κ2) is 8.23. The van der Waals surface area contributed by atoms with Crippen LogP contribution in [0.15, 0.2) is 0 Å². The fourth-order valence-electron chi connectivity index (χ4n) is 3.12. The van der Waals surface area contributed by atoms with Crippen molar-refractivity contribution in [3.63, 3.8) is 0 Å². The summed E-state index contributed by atoms with van der Waals surface area (Å²) in [5, 5.41) is 3.76. The van der Waals surface area contributed by atoms with Crippen molar-refractivity contribution in [2.75, 3.05) is 33.4 Å². The fraction of sp³-hybridized carbons (Fsp3) is 1.00. The number of ether oxygens (including phenoxy) is 1. The van der Waals surface area contributed by atoms with E-state index in [1.807, 2.05) is 0 Å². The first-order chi connectivity index (χ1) is 8.99. The largest absolute Gasteiger partial charge is 0.384 e. The van der Waals surface area contributed by atoms with Crippen molar-refractivity contribution in [2.24, 2.45) is 17.8 Å². The molecule has 3 heteroatoms. The number of methoxy groups -OCH3 is 1. The zero-order chi connectivity index (χ0) is 14.4. The molecule has 3 nitrogen and oxygen atoms in total. The maximum Gasteiger partial charge on any atom is 0.0500 e. The van der Waals surface area contributed by atoms with Gasteiger partial charge in [0.25, 0.3) is 0 Å². The molecule has 1 rings (SSSR count). The molecule has 1 saturated heterocycles. The molecule has 4 unspecified atom stereocenters. The predicted octanol–water partition coefficient (Wildman–Crippen LogP) is 2.61. The van der Waals surface area contributed by atoms with Crippen LogP contribution in [0.1, 0.15) is 41.0 Å². The van der Waals surface area contributed by atoms with Gasteiger partial charge in [-0.15, -0.1) is 0 Å². The molecule has 1 N–H and O–H groups in total. The standard InChI is InChI=1S/C16H34N2O/c1-7-14(5)15-10-18(9-13(4)11-19-6)16(8-17-15)12(2)3/h12-17H,7-11H2,1-6H3. The SMILES string of the molecule is CCC(C)C1CN(CC(C)COC)C(C(C)C)CN1. The summed E-state index contributed by atoms with van der Waals surface area (Å²) in [6.45, 7) is 16.0. The van der Waals surface area contributed by atoms with E-state index in [0.29, 0.717) is 23.9 Å². The molecule has 0 radical (unpaired) electrons. The normalized spacial score (nSPS) is 28.6. The Morgan fingerprint density at radius 1 is 1.26 bits per heavy atom. The summed E-state index contributed by atoms with van der Waals surface area (Å²) >= 11 is 0. The zero-order valence-corrected chi connectivity index (χ0v) is 13.8. The van der Waals surface area contributed by atoms with Crippen LogP contribution >= 0.6 is 0 Å². The Morgan fingerprint density at radius 2 is 1.95 bits per heavy atom. The van der Waals surface area contributed by atoms with Gasteiger partial charge in [-0.3, -0.25) is 4.90 Å². The van der Waals surface area contributed by atoms with E-state index < -0.39 is 0 Å². The highest BCUT2D eigenvalue weighted by Gasteiger charge is 2.32. The molecular weight excluding hydrogens is 236 g/mol. The molecule has 0 aromatic heterocycles. The van der Waals surface area contributed by atoms with Crippen molar-refractivity contribution in [2.45, 2.75) is 53.1 Å². The van der Waals surface area contributed by atoms with Crippen LogP contribution in [0.25, 0.3) is 0 Å². The van der Waals surface area contributed by atoms with E-state index >= 15 is 0 Å². The lowest BCUT2D eigenvalue weighted by atomic mass is 9.91. The third kappa shape index (κ3) is 5.05. The van der Waals surface area contributed by atoms with Crippen molar-refractivity contribution < 1.29 is 4.74 Å². The molecule has 1 aliphatic heterocycles. The molecule has 1 heterocycles. The number of nitrogens with one attached hydrogen (secondary N) is 1. The summed E-state index contributed by atoms with van der Waals surface area (Å²) in [4.78, 5) is 2.70. The fourth-order valence-corrected chi connectivity index (χ4v) is 3.12. The summed E-state index contributed by atoms with van der Waals surface area (Å²) in [7, 11) is 1.80. The molecule has 0 amide bonds. The second-order valence-electron chi connectivity index (χ2n) is 6.73. The molecule has 0 bridgehead atoms. The number of nitrogens with zero attached hydrogens (tertiary/aromatic N) is 1. The van der Waals surface area contributed by atoms with E-state index in [9.17, 15) is 0 Å². The second-order valence-corrected chi connectivity index (χ2v) is 6.73. The number of hydrogen-bond acceptors (Lipinski definition) is 3. The Morgan fingerprint density at radius 3 is 2.47 bits per heavy atom. The highest BCUT2D eigenvalue weighted by atomic mass is 16.5. The molecule has 0 aliphatic carbocycles. The molecule has 0 aromatic carbocycles. The monoisotopic (exact) mass is 270 g/mol. The minimum Gasteiger partial charge on any atom is -0.384 e. The van der Waals surface area contributed by atoms with Crippen LogP contribution in [0.2, 0.25) is 0 Å². The first-order valence-corrected chi connectivity index (χ1v) is 7.95. The molecular formula is C16H34N2O. The Bertz CT molecular complexity index is 245. The first kappa shape index (κ1) is 16.9. The summed E-state index contributed by atoms with van der Waals surface area (Å²) in [5.74, 6) is 2.08. The maximum absolute atomic E-state index is 5.29. The van der Waals surface area contributed by atoms with Crippen LogP contribution in [0, 0.1) is 17.8 Å². The van der Waals surface area contributed by atoms with E-state index in [2.05, 4.69) is 44.8 Å². The van der Waals surface area contributed by atoms with E-state index in [1.54, 1.807) is 7.11 Å². The van der Waals surface area contributed by atoms with Crippen molar-refractivity contribution >= 4 is 0 Å². The van der Waals surface area contributed by atoms with Gasteiger partial charge in [-0.1, -0.05) is 41.0 Å². The van der Waals surface area contributed by atoms with Gasteiger partial charge in [0.1, 0.15) is 0 Å². The lowest BCUT2D eigenvalue weighted by Crippen LogP contribution is -2.60. The number of piperazine rings is 1. The van der Waals surface area contributed by atoms with Crippen LogP contribution in [0.5, 0.6) is 0 Å². The van der Waals surface area contributed by atoms with Crippen LogP contribution in [-0.4, -0.2) is 50.3 Å². The summed E-state index contributed by atoms with van der Waals surface area (Å²) in [6.07, 6.45) is 1.26. The minimum atomic E-state index is 0.613. The van der Waals surface area contributed by atoms with Gasteiger partial charge in [0, 0.05) is 45.4 Å². The smallest absolute Gasteiger partial charge is 0.0500 e. The Balaban J connectivity index is 2.62. The highest BCUT2D eigenvalue weighted by molar-refractivity contribution is 4.90. The predicted molar refractivity (Wildman–Crippen MR) is 82.5 cm³/mol. The molecule has 114 valence electrons. The van der Waals surface area contributed by atoms with Crippen molar-refractivity contribution in [1.82, 2.24) is 10.2 Å². The maximum atomic E-state index is 5.29. The summed E-state index contributed by atoms with van der Waals surface area (Å²) < 4.78 is 5.29. The first-order valence-electron chi connectivity index (χ1n) is 7.95. The quantitative estimate of drug-likeness (QED) is 0.769. The van der Waals surface area contributed by atoms with Crippen molar-refractivity contribution in [1.29, 1.82) is 0 Å². The molecule has 1 aliphatic rings. The third-order valence-corrected chi connectivity index (χ3v) is 4.59. The van der Waals surface area contributed by atoms with Gasteiger partial charge in [-0.05, 0) is 17.8 Å². The molecule has 0 aromatic rings. The van der Waals surface area contributed by atoms with Crippen molar-refractivity contribution in [3.8, 4) is 0 Å². The van der Waals surface area contributed by atoms with Crippen LogP contribution < -0.4 is 5.32 Å². The Labute approximate surface area is 120 Å². The molecule has 4 atom stereocenters. The highest BCUT2D eigenvalue weighted by Crippen LogP contribution is 2.21. The van der Waals surface area contributed by atoms with Gasteiger partial charge >= 0.3 is 0 Å². The van der Waals surface area contributed by atoms with E-state index in [0.717, 1.165) is 25.6 Å². The average molecular weight is 270 g/mol. The summed E-state index contributed by atoms with van der Waals surface area (Å²) in [6, 6.07) is 1.31. The van der Waals surface area contributed by atoms with Gasteiger partial charge in [-0.2, -0.15) is 0 Å². The third-order valence-electron chi connectivity index (χ3n) is 4.59. The van der Waals surface area contributed by atoms with E-state index in [4.69, 9.17) is 4.74 Å². The van der Waals surface area contributed by atoms with Gasteiger partial charge in [0.05, 0.1) is 0 Å². The number of hydrogen-bond donors (Lipinski definition) is 1. The lowest BCUT2D eigenvalue weighted by molar-refractivity contribution is 0.0518. The number of rotatable bonds is 7. The minimum absolute atomic E-state index is 0.613. The van der Waals surface area contributed by atoms with Crippen LogP contribution in [0.4, 0.5) is 0 Å². The average Bonchev–Trinajstić information content (AvgIpc) is 2.37. The zero-order valence-electron chi connectivity index (χ0n) is 13.8. The Kier molecular flexibility index (Phi) is 7.33. The van der Waals surface area contributed by atoms with Gasteiger partial charge in [-0.25, -0.2) is 0 Å². The Hall–Kier alpha value is -0.120. The van der Waals surface area contributed by atoms with E-state index in [1.165, 1.54) is 13.0 Å².